The molecule has 0 bridgehead atoms. The molecule has 6 aromatic carbocycles. The predicted octanol–water partition coefficient (Wildman–Crippen LogP) is 12.4. The molecule has 52 heavy (non-hydrogen) atoms. The highest BCUT2D eigenvalue weighted by atomic mass is 32.2. The highest BCUT2D eigenvalue weighted by molar-refractivity contribution is 8.00. The van der Waals surface area contributed by atoms with Crippen molar-refractivity contribution in [3.63, 3.8) is 0 Å². The molecule has 0 radical (unpaired) electrons. The topological polar surface area (TPSA) is 15.7 Å². The number of nitrogens with zero attached hydrogens (tertiary/aromatic N) is 2. The first-order valence-corrected chi connectivity index (χ1v) is 19.6. The minimum absolute atomic E-state index is 0.159. The molecule has 0 amide bonds. The smallest absolute Gasteiger partial charge is 0.0975 e. The van der Waals surface area contributed by atoms with Crippen molar-refractivity contribution >= 4 is 34.5 Å². The van der Waals surface area contributed by atoms with Gasteiger partial charge in [0.25, 0.3) is 0 Å². The number of hydrogen-bond acceptors (Lipinski definition) is 4. The fourth-order valence-electron chi connectivity index (χ4n) is 9.41. The largest absolute Gasteiger partial charge is 0.364 e. The lowest BCUT2D eigenvalue weighted by molar-refractivity contribution is -0.0288. The second-order valence-corrected chi connectivity index (χ2v) is 16.3. The molecular formula is C48H42N2OS. The summed E-state index contributed by atoms with van der Waals surface area (Å²) in [4.78, 5) is 6.50. The Hall–Kier alpha value is -5.03. The van der Waals surface area contributed by atoms with Gasteiger partial charge in [-0.15, -0.1) is 11.8 Å². The molecule has 2 saturated heterocycles. The summed E-state index contributed by atoms with van der Waals surface area (Å²) < 4.78 is 7.17. The molecule has 0 saturated carbocycles. The Balaban J connectivity index is 1.05. The molecule has 3 aliphatic heterocycles. The minimum Gasteiger partial charge on any atom is -0.364 e. The molecule has 256 valence electrons. The number of ether oxygens (including phenoxy) is 1. The monoisotopic (exact) mass is 694 g/mol. The van der Waals surface area contributed by atoms with Crippen LogP contribution in [-0.4, -0.2) is 23.0 Å². The van der Waals surface area contributed by atoms with Gasteiger partial charge in [-0.3, -0.25) is 0 Å². The van der Waals surface area contributed by atoms with Gasteiger partial charge in [-0.25, -0.2) is 0 Å². The van der Waals surface area contributed by atoms with Gasteiger partial charge in [0, 0.05) is 27.6 Å². The van der Waals surface area contributed by atoms with Crippen molar-refractivity contribution in [3.8, 4) is 22.3 Å². The standard InChI is InChI=1S/C48H42N2OS/c1-32-17-30-42-45-46(51-48(42,2)31-32)47-44(41-15-9-10-16-43(41)52-47)50(45)40-28-26-39(27-29-40)49(37-22-18-35(19-23-37)33-11-5-3-6-12-33)38-24-20-36(21-25-38)34-13-7-4-8-14-34/h3-16,18-30,32,44-47H,17,31H2,1-2H3. The maximum absolute atomic E-state index is 7.17. The minimum atomic E-state index is -0.194. The third kappa shape index (κ3) is 5.23. The number of hydrogen-bond donors (Lipinski definition) is 0. The molecule has 6 atom stereocenters. The van der Waals surface area contributed by atoms with E-state index in [0.29, 0.717) is 11.2 Å². The third-order valence-corrected chi connectivity index (χ3v) is 13.1. The lowest BCUT2D eigenvalue weighted by atomic mass is 9.78. The summed E-state index contributed by atoms with van der Waals surface area (Å²) in [7, 11) is 0. The highest BCUT2D eigenvalue weighted by Crippen LogP contribution is 2.62. The maximum Gasteiger partial charge on any atom is 0.0975 e. The zero-order valence-corrected chi connectivity index (χ0v) is 30.4. The van der Waals surface area contributed by atoms with Gasteiger partial charge in [-0.2, -0.15) is 0 Å². The summed E-state index contributed by atoms with van der Waals surface area (Å²) in [5.41, 5.74) is 12.3. The highest BCUT2D eigenvalue weighted by Gasteiger charge is 2.63. The Morgan fingerprint density at radius 3 is 1.73 bits per heavy atom. The van der Waals surface area contributed by atoms with Crippen LogP contribution in [0.25, 0.3) is 22.3 Å². The van der Waals surface area contributed by atoms with Gasteiger partial charge < -0.3 is 14.5 Å². The second kappa shape index (κ2) is 12.6. The van der Waals surface area contributed by atoms with Crippen molar-refractivity contribution in [1.82, 2.24) is 0 Å². The zero-order valence-electron chi connectivity index (χ0n) is 29.6. The molecule has 4 heteroatoms. The third-order valence-electron chi connectivity index (χ3n) is 11.7. The van der Waals surface area contributed by atoms with Gasteiger partial charge in [0.05, 0.1) is 29.0 Å². The maximum atomic E-state index is 7.17. The van der Waals surface area contributed by atoms with Crippen molar-refractivity contribution in [2.75, 3.05) is 9.80 Å². The Kier molecular flexibility index (Phi) is 7.66. The molecule has 2 fully saturated rings. The van der Waals surface area contributed by atoms with Crippen LogP contribution in [0.15, 0.2) is 174 Å². The van der Waals surface area contributed by atoms with Crippen LogP contribution in [0.4, 0.5) is 22.7 Å². The SMILES string of the molecule is CC1CC=C2C3C(OC2(C)C1)C1Sc2ccccc2C1N3c1ccc(N(c2ccc(-c3ccccc3)cc2)c2ccc(-c3ccccc3)cc2)cc1. The van der Waals surface area contributed by atoms with Gasteiger partial charge in [-0.05, 0) is 114 Å². The normalized spacial score (nSPS) is 25.5. The van der Waals surface area contributed by atoms with Crippen LogP contribution < -0.4 is 9.80 Å². The number of benzene rings is 6. The van der Waals surface area contributed by atoms with E-state index in [1.807, 2.05) is 11.8 Å². The lowest BCUT2D eigenvalue weighted by Crippen LogP contribution is -2.39. The van der Waals surface area contributed by atoms with E-state index in [1.54, 1.807) is 0 Å². The molecule has 3 nitrogen and oxygen atoms in total. The Morgan fingerprint density at radius 2 is 1.13 bits per heavy atom. The van der Waals surface area contributed by atoms with Crippen LogP contribution in [0.5, 0.6) is 0 Å². The molecule has 0 aromatic heterocycles. The summed E-state index contributed by atoms with van der Waals surface area (Å²) >= 11 is 2.03. The molecule has 3 heterocycles. The number of fused-ring (bicyclic) bond motifs is 7. The Bertz CT molecular complexity index is 2170. The van der Waals surface area contributed by atoms with Crippen molar-refractivity contribution < 1.29 is 4.74 Å². The molecule has 0 spiro atoms. The first-order valence-electron chi connectivity index (χ1n) is 18.7. The van der Waals surface area contributed by atoms with Crippen LogP contribution >= 0.6 is 11.8 Å². The van der Waals surface area contributed by atoms with E-state index in [2.05, 4.69) is 187 Å². The fourth-order valence-corrected chi connectivity index (χ4v) is 10.9. The van der Waals surface area contributed by atoms with Gasteiger partial charge in [-0.1, -0.05) is 116 Å². The molecule has 6 unspecified atom stereocenters. The summed E-state index contributed by atoms with van der Waals surface area (Å²) in [6.07, 6.45) is 4.91. The first-order chi connectivity index (χ1) is 25.5. The average Bonchev–Trinajstić information content (AvgIpc) is 3.81. The fraction of sp³-hybridized carbons (Fsp3) is 0.208. The van der Waals surface area contributed by atoms with Crippen LogP contribution in [0.2, 0.25) is 0 Å². The molecule has 4 aliphatic rings. The zero-order chi connectivity index (χ0) is 34.8. The van der Waals surface area contributed by atoms with Crippen molar-refractivity contribution in [2.24, 2.45) is 5.92 Å². The van der Waals surface area contributed by atoms with Crippen molar-refractivity contribution in [3.05, 3.63) is 175 Å². The Morgan fingerprint density at radius 1 is 0.615 bits per heavy atom. The first kappa shape index (κ1) is 31.7. The lowest BCUT2D eigenvalue weighted by Gasteiger charge is -2.39. The average molecular weight is 695 g/mol. The van der Waals surface area contributed by atoms with Crippen LogP contribution in [0, 0.1) is 5.92 Å². The van der Waals surface area contributed by atoms with Crippen molar-refractivity contribution in [2.45, 2.75) is 60.6 Å². The molecule has 1 aliphatic carbocycles. The van der Waals surface area contributed by atoms with E-state index in [9.17, 15) is 0 Å². The Labute approximate surface area is 311 Å². The summed E-state index contributed by atoms with van der Waals surface area (Å²) in [5.74, 6) is 0.638. The van der Waals surface area contributed by atoms with Gasteiger partial charge in [0.1, 0.15) is 0 Å². The number of allylic oxidation sites excluding steroid dienone is 1. The summed E-state index contributed by atoms with van der Waals surface area (Å²) in [6, 6.07) is 58.0. The van der Waals surface area contributed by atoms with Crippen LogP contribution in [0.3, 0.4) is 0 Å². The molecule has 6 aromatic rings. The molecule has 0 N–H and O–H groups in total. The van der Waals surface area contributed by atoms with E-state index in [4.69, 9.17) is 4.74 Å². The number of anilines is 4. The van der Waals surface area contributed by atoms with Crippen molar-refractivity contribution in [1.29, 1.82) is 0 Å². The number of rotatable bonds is 6. The molecular weight excluding hydrogens is 653 g/mol. The van der Waals surface area contributed by atoms with E-state index in [-0.39, 0.29) is 23.8 Å². The second-order valence-electron chi connectivity index (χ2n) is 15.1. The van der Waals surface area contributed by atoms with E-state index >= 15 is 0 Å². The van der Waals surface area contributed by atoms with Crippen LogP contribution in [0.1, 0.15) is 38.3 Å². The number of thioether (sulfide) groups is 1. The molecule has 10 rings (SSSR count). The van der Waals surface area contributed by atoms with Crippen LogP contribution in [-0.2, 0) is 4.74 Å². The quantitative estimate of drug-likeness (QED) is 0.161. The van der Waals surface area contributed by atoms with E-state index < -0.39 is 0 Å². The van der Waals surface area contributed by atoms with Gasteiger partial charge in [0.15, 0.2) is 0 Å². The van der Waals surface area contributed by atoms with E-state index in [1.165, 1.54) is 44.0 Å². The van der Waals surface area contributed by atoms with Gasteiger partial charge in [0.2, 0.25) is 0 Å². The predicted molar refractivity (Wildman–Crippen MR) is 217 cm³/mol. The van der Waals surface area contributed by atoms with Gasteiger partial charge >= 0.3 is 0 Å². The summed E-state index contributed by atoms with van der Waals surface area (Å²) in [6.45, 7) is 4.71. The van der Waals surface area contributed by atoms with E-state index in [0.717, 1.165) is 29.9 Å². The summed E-state index contributed by atoms with van der Waals surface area (Å²) in [5, 5.41) is 0.364.